The molecule has 1 aromatic rings. The Bertz CT molecular complexity index is 520. The van der Waals surface area contributed by atoms with E-state index in [9.17, 15) is 13.6 Å². The van der Waals surface area contributed by atoms with E-state index in [1.165, 1.54) is 18.2 Å². The molecule has 7 heteroatoms. The fourth-order valence-electron chi connectivity index (χ4n) is 2.48. The summed E-state index contributed by atoms with van der Waals surface area (Å²) in [6.45, 7) is -0.179. The molecule has 0 spiro atoms. The number of benzene rings is 1. The highest BCUT2D eigenvalue weighted by Crippen LogP contribution is 2.30. The Kier molecular flexibility index (Phi) is 5.00. The van der Waals surface area contributed by atoms with Crippen LogP contribution >= 0.6 is 11.6 Å². The third-order valence-electron chi connectivity index (χ3n) is 3.69. The second-order valence-electron chi connectivity index (χ2n) is 4.94. The van der Waals surface area contributed by atoms with E-state index in [1.807, 2.05) is 6.92 Å². The average Bonchev–Trinajstić information content (AvgIpc) is 2.91. The van der Waals surface area contributed by atoms with Gasteiger partial charge in [0.2, 0.25) is 5.91 Å². The normalized spacial score (nSPS) is 21.6. The van der Waals surface area contributed by atoms with Crippen molar-refractivity contribution in [1.82, 2.24) is 5.32 Å². The number of rotatable bonds is 5. The van der Waals surface area contributed by atoms with Crippen molar-refractivity contribution in [2.75, 3.05) is 11.9 Å². The van der Waals surface area contributed by atoms with Gasteiger partial charge in [0.1, 0.15) is 5.75 Å². The number of anilines is 1. The molecule has 1 saturated heterocycles. The standard InChI is InChI=1S/C14H17ClF2N2O2/c1-2-14(6-3-7-18-14)12(20)19-9-4-5-11(10(15)8-9)21-13(16)17/h4-5,8,13,18H,2-3,6-7H2,1H3,(H,19,20). The van der Waals surface area contributed by atoms with Crippen LogP contribution in [0.1, 0.15) is 26.2 Å². The number of hydrogen-bond donors (Lipinski definition) is 2. The number of hydrogen-bond acceptors (Lipinski definition) is 3. The second kappa shape index (κ2) is 6.58. The van der Waals surface area contributed by atoms with Gasteiger partial charge >= 0.3 is 6.61 Å². The summed E-state index contributed by atoms with van der Waals surface area (Å²) in [5.74, 6) is -0.255. The Balaban J connectivity index is 2.09. The molecule has 1 aliphatic rings. The Morgan fingerprint density at radius 3 is 2.86 bits per heavy atom. The zero-order chi connectivity index (χ0) is 15.5. The molecule has 0 radical (unpaired) electrons. The highest BCUT2D eigenvalue weighted by molar-refractivity contribution is 6.32. The molecule has 0 aliphatic carbocycles. The fourth-order valence-corrected chi connectivity index (χ4v) is 2.71. The maximum absolute atomic E-state index is 12.4. The fraction of sp³-hybridized carbons (Fsp3) is 0.500. The zero-order valence-electron chi connectivity index (χ0n) is 11.6. The smallest absolute Gasteiger partial charge is 0.387 e. The molecule has 4 nitrogen and oxygen atoms in total. The van der Waals surface area contributed by atoms with Gasteiger partial charge in [0.05, 0.1) is 10.6 Å². The van der Waals surface area contributed by atoms with Crippen LogP contribution in [-0.4, -0.2) is 24.6 Å². The van der Waals surface area contributed by atoms with Crippen LogP contribution in [-0.2, 0) is 4.79 Å². The number of amides is 1. The first kappa shape index (κ1) is 16.0. The van der Waals surface area contributed by atoms with Crippen LogP contribution in [0.5, 0.6) is 5.75 Å². The van der Waals surface area contributed by atoms with Crippen LogP contribution in [0.4, 0.5) is 14.5 Å². The molecule has 2 N–H and O–H groups in total. The summed E-state index contributed by atoms with van der Waals surface area (Å²) in [4.78, 5) is 12.4. The number of halogens is 3. The molecule has 1 aliphatic heterocycles. The molecule has 2 rings (SSSR count). The lowest BCUT2D eigenvalue weighted by molar-refractivity contribution is -0.122. The molecule has 21 heavy (non-hydrogen) atoms. The van der Waals surface area contributed by atoms with Gasteiger partial charge in [-0.3, -0.25) is 4.79 Å². The summed E-state index contributed by atoms with van der Waals surface area (Å²) in [5.41, 5.74) is -0.113. The van der Waals surface area contributed by atoms with Gasteiger partial charge in [0.25, 0.3) is 0 Å². The van der Waals surface area contributed by atoms with Crippen LogP contribution in [0.15, 0.2) is 18.2 Å². The minimum atomic E-state index is -2.94. The lowest BCUT2D eigenvalue weighted by atomic mass is 9.93. The van der Waals surface area contributed by atoms with E-state index in [0.717, 1.165) is 19.4 Å². The molecule has 1 amide bonds. The summed E-state index contributed by atoms with van der Waals surface area (Å²) >= 11 is 5.86. The molecule has 116 valence electrons. The summed E-state index contributed by atoms with van der Waals surface area (Å²) in [6, 6.07) is 4.19. The molecule has 0 aromatic heterocycles. The SMILES string of the molecule is CCC1(C(=O)Nc2ccc(OC(F)F)c(Cl)c2)CCCN1. The Hall–Kier alpha value is -1.40. The summed E-state index contributed by atoms with van der Waals surface area (Å²) in [5, 5.41) is 6.02. The first-order valence-electron chi connectivity index (χ1n) is 6.78. The van der Waals surface area contributed by atoms with Crippen molar-refractivity contribution in [3.8, 4) is 5.75 Å². The van der Waals surface area contributed by atoms with Crippen molar-refractivity contribution in [2.24, 2.45) is 0 Å². The number of alkyl halides is 2. The quantitative estimate of drug-likeness (QED) is 0.874. The van der Waals surface area contributed by atoms with E-state index in [0.29, 0.717) is 12.1 Å². The van der Waals surface area contributed by atoms with Gasteiger partial charge in [-0.25, -0.2) is 0 Å². The van der Waals surface area contributed by atoms with Crippen LogP contribution in [0.3, 0.4) is 0 Å². The lowest BCUT2D eigenvalue weighted by Crippen LogP contribution is -2.50. The predicted octanol–water partition coefficient (Wildman–Crippen LogP) is 3.41. The van der Waals surface area contributed by atoms with Crippen LogP contribution in [0.25, 0.3) is 0 Å². The van der Waals surface area contributed by atoms with Crippen molar-refractivity contribution in [3.05, 3.63) is 23.2 Å². The highest BCUT2D eigenvalue weighted by Gasteiger charge is 2.39. The third kappa shape index (κ3) is 3.63. The third-order valence-corrected chi connectivity index (χ3v) is 3.98. The van der Waals surface area contributed by atoms with Gasteiger partial charge in [-0.1, -0.05) is 18.5 Å². The molecule has 0 saturated carbocycles. The molecule has 0 bridgehead atoms. The van der Waals surface area contributed by atoms with Gasteiger partial charge in [-0.15, -0.1) is 0 Å². The molecular formula is C14H17ClF2N2O2. The Morgan fingerprint density at radius 1 is 1.57 bits per heavy atom. The second-order valence-corrected chi connectivity index (χ2v) is 5.35. The van der Waals surface area contributed by atoms with E-state index in [4.69, 9.17) is 11.6 Å². The Labute approximate surface area is 126 Å². The van der Waals surface area contributed by atoms with E-state index in [-0.39, 0.29) is 16.7 Å². The Morgan fingerprint density at radius 2 is 2.33 bits per heavy atom. The minimum Gasteiger partial charge on any atom is -0.433 e. The summed E-state index contributed by atoms with van der Waals surface area (Å²) in [6.07, 6.45) is 2.40. The molecule has 1 aromatic carbocycles. The van der Waals surface area contributed by atoms with Crippen LogP contribution in [0, 0.1) is 0 Å². The van der Waals surface area contributed by atoms with E-state index < -0.39 is 12.2 Å². The number of carbonyl (C=O) groups excluding carboxylic acids is 1. The van der Waals surface area contributed by atoms with Gasteiger partial charge in [-0.05, 0) is 44.0 Å². The summed E-state index contributed by atoms with van der Waals surface area (Å²) in [7, 11) is 0. The highest BCUT2D eigenvalue weighted by atomic mass is 35.5. The van der Waals surface area contributed by atoms with Gasteiger partial charge < -0.3 is 15.4 Å². The molecular weight excluding hydrogens is 302 g/mol. The van der Waals surface area contributed by atoms with E-state index >= 15 is 0 Å². The predicted molar refractivity (Wildman–Crippen MR) is 77.0 cm³/mol. The maximum atomic E-state index is 12.4. The first-order valence-corrected chi connectivity index (χ1v) is 7.15. The molecule has 1 atom stereocenters. The van der Waals surface area contributed by atoms with Gasteiger partial charge in [-0.2, -0.15) is 8.78 Å². The number of carbonyl (C=O) groups is 1. The molecule has 1 unspecified atom stereocenters. The molecule has 1 heterocycles. The van der Waals surface area contributed by atoms with E-state index in [1.54, 1.807) is 0 Å². The average molecular weight is 319 g/mol. The van der Waals surface area contributed by atoms with Crippen molar-refractivity contribution >= 4 is 23.2 Å². The largest absolute Gasteiger partial charge is 0.433 e. The van der Waals surface area contributed by atoms with Gasteiger partial charge in [0, 0.05) is 5.69 Å². The van der Waals surface area contributed by atoms with Crippen LogP contribution in [0.2, 0.25) is 5.02 Å². The first-order chi connectivity index (χ1) is 9.97. The monoisotopic (exact) mass is 318 g/mol. The minimum absolute atomic E-state index is 0.0260. The number of ether oxygens (including phenoxy) is 1. The maximum Gasteiger partial charge on any atom is 0.387 e. The molecule has 1 fully saturated rings. The van der Waals surface area contributed by atoms with Crippen LogP contribution < -0.4 is 15.4 Å². The van der Waals surface area contributed by atoms with Crippen molar-refractivity contribution < 1.29 is 18.3 Å². The van der Waals surface area contributed by atoms with Gasteiger partial charge in [0.15, 0.2) is 0 Å². The van der Waals surface area contributed by atoms with E-state index in [2.05, 4.69) is 15.4 Å². The lowest BCUT2D eigenvalue weighted by Gasteiger charge is -2.26. The topological polar surface area (TPSA) is 50.4 Å². The van der Waals surface area contributed by atoms with Crippen molar-refractivity contribution in [1.29, 1.82) is 0 Å². The summed E-state index contributed by atoms with van der Waals surface area (Å²) < 4.78 is 28.6. The van der Waals surface area contributed by atoms with Crippen molar-refractivity contribution in [3.63, 3.8) is 0 Å². The van der Waals surface area contributed by atoms with Crippen molar-refractivity contribution in [2.45, 2.75) is 38.3 Å². The zero-order valence-corrected chi connectivity index (χ0v) is 12.3. The number of nitrogens with one attached hydrogen (secondary N) is 2.